The second-order valence-corrected chi connectivity index (χ2v) is 5.70. The van der Waals surface area contributed by atoms with Crippen LogP contribution in [0.25, 0.3) is 0 Å². The predicted octanol–water partition coefficient (Wildman–Crippen LogP) is 2.26. The van der Waals surface area contributed by atoms with Gasteiger partial charge in [0, 0.05) is 6.04 Å². The average molecular weight is 272 g/mol. The number of rotatable bonds is 5. The number of nitrogens with zero attached hydrogens (tertiary/aromatic N) is 1. The number of anilines is 1. The van der Waals surface area contributed by atoms with Crippen molar-refractivity contribution in [2.45, 2.75) is 32.7 Å². The Morgan fingerprint density at radius 3 is 2.55 bits per heavy atom. The van der Waals surface area contributed by atoms with Gasteiger partial charge in [0.25, 0.3) is 0 Å². The molecule has 2 aliphatic rings. The first-order valence-electron chi connectivity index (χ1n) is 7.35. The van der Waals surface area contributed by atoms with Crippen molar-refractivity contribution in [3.8, 4) is 0 Å². The fourth-order valence-electron chi connectivity index (χ4n) is 2.95. The Hall–Kier alpha value is -1.68. The topological polar surface area (TPSA) is 49.4 Å². The van der Waals surface area contributed by atoms with Crippen LogP contribution in [0.1, 0.15) is 38.3 Å². The number of carbonyl (C=O) groups is 2. The van der Waals surface area contributed by atoms with Crippen molar-refractivity contribution in [3.05, 3.63) is 29.8 Å². The van der Waals surface area contributed by atoms with Gasteiger partial charge in [-0.2, -0.15) is 0 Å². The maximum absolute atomic E-state index is 12.2. The van der Waals surface area contributed by atoms with Crippen LogP contribution < -0.4 is 10.2 Å². The van der Waals surface area contributed by atoms with Gasteiger partial charge in [0.1, 0.15) is 0 Å². The Balaban J connectivity index is 1.90. The Kier molecular flexibility index (Phi) is 3.34. The number of imide groups is 1. The summed E-state index contributed by atoms with van der Waals surface area (Å²) in [6.45, 7) is 5.11. The lowest BCUT2D eigenvalue weighted by atomic mass is 10.0. The summed E-state index contributed by atoms with van der Waals surface area (Å²) in [6, 6.07) is 7.83. The lowest BCUT2D eigenvalue weighted by Crippen LogP contribution is -2.34. The number of hydrogen-bond donors (Lipinski definition) is 1. The first-order valence-corrected chi connectivity index (χ1v) is 7.35. The molecule has 1 aromatic carbocycles. The number of amides is 2. The van der Waals surface area contributed by atoms with Gasteiger partial charge >= 0.3 is 0 Å². The van der Waals surface area contributed by atoms with Crippen LogP contribution >= 0.6 is 0 Å². The first-order chi connectivity index (χ1) is 9.65. The summed E-state index contributed by atoms with van der Waals surface area (Å²) in [6.07, 6.45) is 1.80. The van der Waals surface area contributed by atoms with Gasteiger partial charge in [-0.25, -0.2) is 4.90 Å². The molecule has 0 spiro atoms. The molecule has 1 aromatic rings. The maximum Gasteiger partial charge on any atom is 0.237 e. The zero-order chi connectivity index (χ0) is 14.3. The smallest absolute Gasteiger partial charge is 0.237 e. The predicted molar refractivity (Wildman–Crippen MR) is 77.2 cm³/mol. The lowest BCUT2D eigenvalue weighted by molar-refractivity contribution is -0.123. The van der Waals surface area contributed by atoms with Crippen LogP contribution in [-0.4, -0.2) is 18.4 Å². The molecular formula is C16H20N2O2. The number of nitrogens with one attached hydrogen (secondary N) is 1. The molecule has 2 fully saturated rings. The van der Waals surface area contributed by atoms with Gasteiger partial charge in [0.2, 0.25) is 11.8 Å². The van der Waals surface area contributed by atoms with E-state index in [-0.39, 0.29) is 29.7 Å². The maximum atomic E-state index is 12.2. The van der Waals surface area contributed by atoms with Crippen molar-refractivity contribution in [3.63, 3.8) is 0 Å². The molecule has 2 amide bonds. The molecule has 3 unspecified atom stereocenters. The summed E-state index contributed by atoms with van der Waals surface area (Å²) in [4.78, 5) is 25.9. The summed E-state index contributed by atoms with van der Waals surface area (Å²) in [5.41, 5.74) is 1.77. The summed E-state index contributed by atoms with van der Waals surface area (Å²) in [5.74, 6) is -0.130. The molecule has 1 saturated heterocycles. The second kappa shape index (κ2) is 5.02. The molecule has 1 aliphatic carbocycles. The zero-order valence-corrected chi connectivity index (χ0v) is 11.9. The van der Waals surface area contributed by atoms with Crippen molar-refractivity contribution < 1.29 is 9.59 Å². The lowest BCUT2D eigenvalue weighted by Gasteiger charge is -2.23. The molecule has 3 atom stereocenters. The summed E-state index contributed by atoms with van der Waals surface area (Å²) in [5, 5.41) is 3.42. The number of benzene rings is 1. The van der Waals surface area contributed by atoms with Gasteiger partial charge in [-0.3, -0.25) is 9.59 Å². The van der Waals surface area contributed by atoms with E-state index in [0.29, 0.717) is 0 Å². The number of piperidine rings is 1. The molecule has 0 radical (unpaired) electrons. The molecule has 106 valence electrons. The molecule has 4 heteroatoms. The summed E-state index contributed by atoms with van der Waals surface area (Å²) < 4.78 is 0. The molecule has 1 N–H and O–H groups in total. The SMILES string of the molecule is CCCNC(C)c1ccccc1N1C(=O)C2CC2C1=O. The van der Waals surface area contributed by atoms with Crippen LogP contribution in [0.3, 0.4) is 0 Å². The Labute approximate surface area is 119 Å². The average Bonchev–Trinajstić information content (AvgIpc) is 3.21. The van der Waals surface area contributed by atoms with Gasteiger partial charge in [-0.15, -0.1) is 0 Å². The highest BCUT2D eigenvalue weighted by Crippen LogP contribution is 2.49. The first kappa shape index (κ1) is 13.3. The van der Waals surface area contributed by atoms with E-state index in [2.05, 4.69) is 19.2 Å². The van der Waals surface area contributed by atoms with E-state index in [1.54, 1.807) is 0 Å². The van der Waals surface area contributed by atoms with Crippen LogP contribution in [0.2, 0.25) is 0 Å². The van der Waals surface area contributed by atoms with Gasteiger partial charge in [0.15, 0.2) is 0 Å². The quantitative estimate of drug-likeness (QED) is 0.836. The summed E-state index contributed by atoms with van der Waals surface area (Å²) >= 11 is 0. The Bertz CT molecular complexity index is 535. The van der Waals surface area contributed by atoms with Crippen molar-refractivity contribution in [1.29, 1.82) is 0 Å². The highest BCUT2D eigenvalue weighted by molar-refractivity contribution is 6.25. The standard InChI is InChI=1S/C16H20N2O2/c1-3-8-17-10(2)11-6-4-5-7-14(11)18-15(19)12-9-13(12)16(18)20/h4-7,10,12-13,17H,3,8-9H2,1-2H3. The molecule has 20 heavy (non-hydrogen) atoms. The van der Waals surface area contributed by atoms with Crippen molar-refractivity contribution >= 4 is 17.5 Å². The molecule has 0 aromatic heterocycles. The highest BCUT2D eigenvalue weighted by atomic mass is 16.2. The van der Waals surface area contributed by atoms with E-state index in [1.165, 1.54) is 4.90 Å². The van der Waals surface area contributed by atoms with E-state index in [4.69, 9.17) is 0 Å². The fraction of sp³-hybridized carbons (Fsp3) is 0.500. The fourth-order valence-corrected chi connectivity index (χ4v) is 2.95. The Morgan fingerprint density at radius 2 is 1.90 bits per heavy atom. The van der Waals surface area contributed by atoms with Crippen LogP contribution in [0.4, 0.5) is 5.69 Å². The van der Waals surface area contributed by atoms with E-state index < -0.39 is 0 Å². The monoisotopic (exact) mass is 272 g/mol. The van der Waals surface area contributed by atoms with Crippen molar-refractivity contribution in [2.75, 3.05) is 11.4 Å². The van der Waals surface area contributed by atoms with E-state index in [0.717, 1.165) is 30.6 Å². The van der Waals surface area contributed by atoms with Gasteiger partial charge in [-0.1, -0.05) is 25.1 Å². The minimum Gasteiger partial charge on any atom is -0.310 e. The third-order valence-corrected chi connectivity index (χ3v) is 4.21. The van der Waals surface area contributed by atoms with Crippen LogP contribution in [0.5, 0.6) is 0 Å². The number of para-hydroxylation sites is 1. The largest absolute Gasteiger partial charge is 0.310 e. The van der Waals surface area contributed by atoms with E-state index in [9.17, 15) is 9.59 Å². The van der Waals surface area contributed by atoms with Gasteiger partial charge in [-0.05, 0) is 37.9 Å². The van der Waals surface area contributed by atoms with E-state index in [1.807, 2.05) is 24.3 Å². The van der Waals surface area contributed by atoms with Crippen molar-refractivity contribution in [2.24, 2.45) is 11.8 Å². The van der Waals surface area contributed by atoms with Crippen molar-refractivity contribution in [1.82, 2.24) is 5.32 Å². The molecule has 0 bridgehead atoms. The third kappa shape index (κ3) is 2.04. The summed E-state index contributed by atoms with van der Waals surface area (Å²) in [7, 11) is 0. The number of hydrogen-bond acceptors (Lipinski definition) is 3. The third-order valence-electron chi connectivity index (χ3n) is 4.21. The molecule has 1 saturated carbocycles. The zero-order valence-electron chi connectivity index (χ0n) is 11.9. The van der Waals surface area contributed by atoms with Crippen LogP contribution in [0, 0.1) is 11.8 Å². The number of fused-ring (bicyclic) bond motifs is 1. The molecule has 3 rings (SSSR count). The van der Waals surface area contributed by atoms with Gasteiger partial charge in [0.05, 0.1) is 17.5 Å². The minimum absolute atomic E-state index is 0.0184. The minimum atomic E-state index is -0.0468. The normalized spacial score (nSPS) is 25.8. The van der Waals surface area contributed by atoms with Crippen LogP contribution in [-0.2, 0) is 9.59 Å². The highest BCUT2D eigenvalue weighted by Gasteiger charge is 2.59. The van der Waals surface area contributed by atoms with Gasteiger partial charge < -0.3 is 5.32 Å². The van der Waals surface area contributed by atoms with E-state index >= 15 is 0 Å². The molecular weight excluding hydrogens is 252 g/mol. The molecule has 1 aliphatic heterocycles. The molecule has 4 nitrogen and oxygen atoms in total. The second-order valence-electron chi connectivity index (χ2n) is 5.70. The van der Waals surface area contributed by atoms with Crippen LogP contribution in [0.15, 0.2) is 24.3 Å². The molecule has 1 heterocycles. The number of carbonyl (C=O) groups excluding carboxylic acids is 2. The Morgan fingerprint density at radius 1 is 1.25 bits per heavy atom.